The van der Waals surface area contributed by atoms with Gasteiger partial charge in [0.15, 0.2) is 0 Å². The molecule has 4 rings (SSSR count). The zero-order valence-corrected chi connectivity index (χ0v) is 21.3. The van der Waals surface area contributed by atoms with Gasteiger partial charge < -0.3 is 0 Å². The maximum Gasteiger partial charge on any atom is 4.00 e. The van der Waals surface area contributed by atoms with Crippen LogP contribution in [0.3, 0.4) is 0 Å². The number of thiophene rings is 2. The Morgan fingerprint density at radius 1 is 0.621 bits per heavy atom. The van der Waals surface area contributed by atoms with Crippen molar-refractivity contribution in [3.8, 4) is 0 Å². The molecule has 0 N–H and O–H groups in total. The van der Waals surface area contributed by atoms with E-state index in [1.54, 1.807) is 0 Å². The Bertz CT molecular complexity index is 637. The molecule has 0 bridgehead atoms. The minimum absolute atomic E-state index is 0. The fourth-order valence-corrected chi connectivity index (χ4v) is 3.82. The second-order valence-corrected chi connectivity index (χ2v) is 7.89. The van der Waals surface area contributed by atoms with Crippen molar-refractivity contribution in [1.82, 2.24) is 0 Å². The van der Waals surface area contributed by atoms with Crippen molar-refractivity contribution in [2.24, 2.45) is 0 Å². The number of aryl methyl sites for hydroxylation is 4. The van der Waals surface area contributed by atoms with Gasteiger partial charge in [0.1, 0.15) is 0 Å². The zero-order chi connectivity index (χ0) is 20.5. The van der Waals surface area contributed by atoms with Gasteiger partial charge in [-0.25, -0.2) is 47.5 Å². The number of hydrogen-bond acceptors (Lipinski definition) is 2. The molecule has 0 aliphatic carbocycles. The summed E-state index contributed by atoms with van der Waals surface area (Å²) in [5.74, 6) is 0. The molecule has 0 fully saturated rings. The van der Waals surface area contributed by atoms with Gasteiger partial charge in [-0.1, -0.05) is 40.5 Å². The molecule has 0 spiro atoms. The van der Waals surface area contributed by atoms with E-state index < -0.39 is 0 Å². The monoisotopic (exact) mass is 456 g/mol. The fourth-order valence-electron chi connectivity index (χ4n) is 2.09. The van der Waals surface area contributed by atoms with Crippen LogP contribution in [0.1, 0.15) is 48.6 Å². The molecule has 0 aliphatic heterocycles. The molecule has 0 aliphatic rings. The molecule has 0 nitrogen and oxygen atoms in total. The molecule has 0 atom stereocenters. The quantitative estimate of drug-likeness (QED) is 0.215. The number of rotatable bonds is 4. The first-order valence-electron chi connectivity index (χ1n) is 10.0. The van der Waals surface area contributed by atoms with Crippen molar-refractivity contribution < 1.29 is 21.7 Å². The third-order valence-corrected chi connectivity index (χ3v) is 5.96. The van der Waals surface area contributed by atoms with Gasteiger partial charge in [0.2, 0.25) is 0 Å². The number of hydrogen-bond donors (Lipinski definition) is 0. The third kappa shape index (κ3) is 13.6. The van der Waals surface area contributed by atoms with Gasteiger partial charge in [0.25, 0.3) is 0 Å². The van der Waals surface area contributed by atoms with Crippen LogP contribution in [-0.4, -0.2) is 0 Å². The van der Waals surface area contributed by atoms with Crippen LogP contribution < -0.4 is 0 Å². The Balaban J connectivity index is 0.000000369. The Morgan fingerprint density at radius 3 is 1.10 bits per heavy atom. The average Bonchev–Trinajstić information content (AvgIpc) is 3.58. The molecular formula is C26H32S2Ti. The standard InChI is InChI=1S/2C8H11S.2C5H5.Ti/c2*1-3-7-5-8(4-2)9-6-7;2*1-2-4-5-3-1;/h2*6H,3-4H2,1-2H3;2*1-5H;/q4*-1;+4. The summed E-state index contributed by atoms with van der Waals surface area (Å²) in [7, 11) is 0. The van der Waals surface area contributed by atoms with Crippen LogP contribution >= 0.6 is 22.7 Å². The first kappa shape index (κ1) is 27.8. The minimum Gasteiger partial charge on any atom is -0.269 e. The fraction of sp³-hybridized carbons (Fsp3) is 0.308. The predicted octanol–water partition coefficient (Wildman–Crippen LogP) is 8.15. The van der Waals surface area contributed by atoms with E-state index in [0.717, 1.165) is 25.7 Å². The van der Waals surface area contributed by atoms with E-state index in [4.69, 9.17) is 0 Å². The summed E-state index contributed by atoms with van der Waals surface area (Å²) in [5.41, 5.74) is 2.72. The van der Waals surface area contributed by atoms with Crippen LogP contribution in [0.5, 0.6) is 0 Å². The SMILES string of the molecule is CCc1[c-]c(CC)sc1.CCc1[c-]c(CC)sc1.[Ti+4].c1cc[cH-]c1.c1cc[cH-]c1. The normalized spacial score (nSPS) is 8.97. The van der Waals surface area contributed by atoms with Crippen molar-refractivity contribution in [2.45, 2.75) is 53.4 Å². The molecule has 152 valence electrons. The summed E-state index contributed by atoms with van der Waals surface area (Å²) in [5, 5.41) is 4.39. The van der Waals surface area contributed by atoms with E-state index in [0.29, 0.717) is 0 Å². The van der Waals surface area contributed by atoms with E-state index in [2.05, 4.69) is 50.6 Å². The molecule has 2 heterocycles. The second kappa shape index (κ2) is 18.8. The van der Waals surface area contributed by atoms with E-state index in [1.165, 1.54) is 20.9 Å². The molecule has 0 saturated carbocycles. The van der Waals surface area contributed by atoms with Crippen molar-refractivity contribution in [3.63, 3.8) is 0 Å². The topological polar surface area (TPSA) is 0 Å². The molecule has 0 unspecified atom stereocenters. The Labute approximate surface area is 201 Å². The van der Waals surface area contributed by atoms with Crippen LogP contribution in [0.15, 0.2) is 71.4 Å². The van der Waals surface area contributed by atoms with Gasteiger partial charge in [0.05, 0.1) is 0 Å². The molecule has 2 aromatic heterocycles. The van der Waals surface area contributed by atoms with E-state index >= 15 is 0 Å². The average molecular weight is 457 g/mol. The van der Waals surface area contributed by atoms with Gasteiger partial charge in [0, 0.05) is 0 Å². The summed E-state index contributed by atoms with van der Waals surface area (Å²) in [4.78, 5) is 2.76. The molecule has 2 aromatic carbocycles. The molecule has 0 amide bonds. The summed E-state index contributed by atoms with van der Waals surface area (Å²) >= 11 is 3.64. The Kier molecular flexibility index (Phi) is 18.0. The summed E-state index contributed by atoms with van der Waals surface area (Å²) < 4.78 is 0. The first-order chi connectivity index (χ1) is 13.7. The van der Waals surface area contributed by atoms with Crippen molar-refractivity contribution >= 4 is 22.7 Å². The van der Waals surface area contributed by atoms with Crippen LogP contribution in [0.2, 0.25) is 0 Å². The molecular weight excluding hydrogens is 424 g/mol. The maximum atomic E-state index is 3.33. The van der Waals surface area contributed by atoms with E-state index in [-0.39, 0.29) is 21.7 Å². The van der Waals surface area contributed by atoms with E-state index in [1.807, 2.05) is 83.3 Å². The molecule has 0 saturated heterocycles. The smallest absolute Gasteiger partial charge is 0.269 e. The van der Waals surface area contributed by atoms with Gasteiger partial charge in [-0.3, -0.25) is 22.7 Å². The predicted molar refractivity (Wildman–Crippen MR) is 128 cm³/mol. The van der Waals surface area contributed by atoms with Crippen molar-refractivity contribution in [2.75, 3.05) is 0 Å². The maximum absolute atomic E-state index is 3.33. The van der Waals surface area contributed by atoms with Gasteiger partial charge in [-0.15, -0.1) is 9.75 Å². The molecule has 3 heteroatoms. The third-order valence-electron chi connectivity index (χ3n) is 3.80. The Morgan fingerprint density at radius 2 is 0.966 bits per heavy atom. The van der Waals surface area contributed by atoms with Crippen LogP contribution in [0.25, 0.3) is 0 Å². The van der Waals surface area contributed by atoms with Gasteiger partial charge >= 0.3 is 21.7 Å². The first-order valence-corrected chi connectivity index (χ1v) is 11.8. The minimum atomic E-state index is 0. The van der Waals surface area contributed by atoms with E-state index in [9.17, 15) is 0 Å². The Hall–Kier alpha value is -1.19. The summed E-state index contributed by atoms with van der Waals surface area (Å²) in [6.07, 6.45) is 4.50. The molecule has 4 aromatic rings. The van der Waals surface area contributed by atoms with Crippen LogP contribution in [0.4, 0.5) is 0 Å². The van der Waals surface area contributed by atoms with Gasteiger partial charge in [-0.05, 0) is 12.8 Å². The van der Waals surface area contributed by atoms with Crippen LogP contribution in [-0.2, 0) is 47.4 Å². The zero-order valence-electron chi connectivity index (χ0n) is 18.1. The molecule has 29 heavy (non-hydrogen) atoms. The van der Waals surface area contributed by atoms with Crippen molar-refractivity contribution in [1.29, 1.82) is 0 Å². The molecule has 0 radical (unpaired) electrons. The largest absolute Gasteiger partial charge is 4.00 e. The van der Waals surface area contributed by atoms with Crippen LogP contribution in [0, 0.1) is 12.1 Å². The van der Waals surface area contributed by atoms with Gasteiger partial charge in [-0.2, -0.15) is 47.2 Å². The summed E-state index contributed by atoms with van der Waals surface area (Å²) in [6, 6.07) is 26.7. The summed E-state index contributed by atoms with van der Waals surface area (Å²) in [6.45, 7) is 8.67. The van der Waals surface area contributed by atoms with Crippen molar-refractivity contribution in [3.05, 3.63) is 104 Å². The second-order valence-electron chi connectivity index (χ2n) is 5.96.